The quantitative estimate of drug-likeness (QED) is 0.536. The van der Waals surface area contributed by atoms with Crippen molar-refractivity contribution in [2.75, 3.05) is 17.8 Å². The summed E-state index contributed by atoms with van der Waals surface area (Å²) < 4.78 is 1.92. The number of benzene rings is 2. The molecule has 3 aromatic rings. The van der Waals surface area contributed by atoms with E-state index in [0.29, 0.717) is 5.95 Å². The van der Waals surface area contributed by atoms with E-state index in [1.54, 1.807) is 23.5 Å². The average molecular weight is 434 g/mol. The number of hydrogen-bond acceptors (Lipinski definition) is 6. The Hall–Kier alpha value is -2.51. The Balaban J connectivity index is 1.58. The third kappa shape index (κ3) is 3.56. The van der Waals surface area contributed by atoms with Gasteiger partial charge in [-0.1, -0.05) is 29.4 Å². The van der Waals surface area contributed by atoms with Crippen molar-refractivity contribution in [1.29, 1.82) is 0 Å². The molecule has 1 aliphatic heterocycles. The van der Waals surface area contributed by atoms with E-state index < -0.39 is 0 Å². The summed E-state index contributed by atoms with van der Waals surface area (Å²) in [6, 6.07) is 17.6. The average Bonchev–Trinajstić information content (AvgIpc) is 3.27. The van der Waals surface area contributed by atoms with Crippen LogP contribution in [0.3, 0.4) is 0 Å². The molecule has 152 valence electrons. The molecule has 0 saturated carbocycles. The lowest BCUT2D eigenvalue weighted by Gasteiger charge is -2.34. The Morgan fingerprint density at radius 3 is 2.37 bits per heavy atom. The predicted octanol–water partition coefficient (Wildman–Crippen LogP) is 5.65. The Bertz CT molecular complexity index is 1110. The molecule has 0 amide bonds. The van der Waals surface area contributed by atoms with E-state index in [0.717, 1.165) is 19.3 Å². The Labute approximate surface area is 185 Å². The Morgan fingerprint density at radius 2 is 1.67 bits per heavy atom. The van der Waals surface area contributed by atoms with Gasteiger partial charge < -0.3 is 5.32 Å². The molecule has 0 saturated heterocycles. The van der Waals surface area contributed by atoms with Gasteiger partial charge in [0.25, 0.3) is 0 Å². The first-order chi connectivity index (χ1) is 14.8. The number of aromatic nitrogens is 4. The minimum Gasteiger partial charge on any atom is -0.323 e. The maximum Gasteiger partial charge on any atom is 0.248 e. The first-order valence-electron chi connectivity index (χ1n) is 10.0. The first-order valence-corrected chi connectivity index (χ1v) is 12.5. The number of allylic oxidation sites excluding steroid dienone is 2. The van der Waals surface area contributed by atoms with Crippen LogP contribution in [0.5, 0.6) is 0 Å². The van der Waals surface area contributed by atoms with Crippen molar-refractivity contribution in [2.45, 2.75) is 35.1 Å². The summed E-state index contributed by atoms with van der Waals surface area (Å²) in [6.45, 7) is 0. The number of tetrazole rings is 1. The normalized spacial score (nSPS) is 19.4. The smallest absolute Gasteiger partial charge is 0.248 e. The molecule has 0 unspecified atom stereocenters. The number of rotatable bonds is 4. The molecule has 5 nitrogen and oxygen atoms in total. The molecular formula is C23H23N5S2. The second-order valence-electron chi connectivity index (χ2n) is 7.44. The molecule has 1 aliphatic carbocycles. The van der Waals surface area contributed by atoms with Crippen LogP contribution in [0.15, 0.2) is 75.2 Å². The highest BCUT2D eigenvalue weighted by Gasteiger charge is 2.33. The second kappa shape index (κ2) is 8.32. The van der Waals surface area contributed by atoms with Gasteiger partial charge in [0.15, 0.2) is 0 Å². The SMILES string of the molecule is CSc1ccc(/C=C2\CCCC3=C2Nc2nnnn2[C@@H]3c2ccc(SC)cc2)cc1. The Morgan fingerprint density at radius 1 is 0.967 bits per heavy atom. The highest BCUT2D eigenvalue weighted by Crippen LogP contribution is 2.43. The van der Waals surface area contributed by atoms with Gasteiger partial charge in [0.2, 0.25) is 5.95 Å². The van der Waals surface area contributed by atoms with E-state index in [4.69, 9.17) is 0 Å². The van der Waals surface area contributed by atoms with Crippen molar-refractivity contribution in [3.05, 3.63) is 76.5 Å². The predicted molar refractivity (Wildman–Crippen MR) is 125 cm³/mol. The lowest BCUT2D eigenvalue weighted by Crippen LogP contribution is -2.28. The van der Waals surface area contributed by atoms with E-state index in [9.17, 15) is 0 Å². The maximum absolute atomic E-state index is 4.31. The zero-order chi connectivity index (χ0) is 20.5. The van der Waals surface area contributed by atoms with Crippen LogP contribution in [-0.2, 0) is 0 Å². The number of thioether (sulfide) groups is 2. The number of nitrogens with zero attached hydrogens (tertiary/aromatic N) is 4. The van der Waals surface area contributed by atoms with Crippen molar-refractivity contribution < 1.29 is 0 Å². The minimum absolute atomic E-state index is 0.0322. The van der Waals surface area contributed by atoms with Crippen molar-refractivity contribution in [3.63, 3.8) is 0 Å². The van der Waals surface area contributed by atoms with Crippen LogP contribution in [0.1, 0.15) is 36.4 Å². The van der Waals surface area contributed by atoms with Crippen molar-refractivity contribution in [2.24, 2.45) is 0 Å². The molecule has 5 rings (SSSR count). The monoisotopic (exact) mass is 433 g/mol. The van der Waals surface area contributed by atoms with Gasteiger partial charge in [0.05, 0.1) is 0 Å². The zero-order valence-corrected chi connectivity index (χ0v) is 18.6. The van der Waals surface area contributed by atoms with Gasteiger partial charge >= 0.3 is 0 Å². The molecule has 0 spiro atoms. The lowest BCUT2D eigenvalue weighted by molar-refractivity contribution is 0.524. The molecule has 2 aromatic carbocycles. The van der Waals surface area contributed by atoms with Gasteiger partial charge in [-0.3, -0.25) is 0 Å². The second-order valence-corrected chi connectivity index (χ2v) is 9.20. The molecule has 1 aromatic heterocycles. The molecule has 2 aliphatic rings. The molecular weight excluding hydrogens is 410 g/mol. The number of fused-ring (bicyclic) bond motifs is 1. The van der Waals surface area contributed by atoms with Gasteiger partial charge in [-0.2, -0.15) is 4.68 Å². The summed E-state index contributed by atoms with van der Waals surface area (Å²) >= 11 is 3.52. The lowest BCUT2D eigenvalue weighted by atomic mass is 9.83. The summed E-state index contributed by atoms with van der Waals surface area (Å²) in [5.74, 6) is 0.707. The minimum atomic E-state index is 0.0322. The summed E-state index contributed by atoms with van der Waals surface area (Å²) in [5.41, 5.74) is 6.33. The summed E-state index contributed by atoms with van der Waals surface area (Å²) in [5, 5.41) is 16.0. The van der Waals surface area contributed by atoms with Crippen LogP contribution in [0, 0.1) is 0 Å². The van der Waals surface area contributed by atoms with E-state index in [2.05, 4.69) is 88.0 Å². The molecule has 0 bridgehead atoms. The van der Waals surface area contributed by atoms with Crippen LogP contribution in [0.4, 0.5) is 5.95 Å². The van der Waals surface area contributed by atoms with Gasteiger partial charge in [-0.05, 0) is 94.8 Å². The molecule has 2 heterocycles. The largest absolute Gasteiger partial charge is 0.323 e. The van der Waals surface area contributed by atoms with E-state index in [-0.39, 0.29) is 6.04 Å². The summed E-state index contributed by atoms with van der Waals surface area (Å²) in [4.78, 5) is 2.54. The van der Waals surface area contributed by atoms with Crippen LogP contribution >= 0.6 is 23.5 Å². The fourth-order valence-corrected chi connectivity index (χ4v) is 5.06. The molecule has 0 fully saturated rings. The van der Waals surface area contributed by atoms with E-state index in [1.807, 2.05) is 4.68 Å². The highest BCUT2D eigenvalue weighted by molar-refractivity contribution is 7.98. The molecule has 1 atom stereocenters. The van der Waals surface area contributed by atoms with E-state index in [1.165, 1.54) is 37.8 Å². The topological polar surface area (TPSA) is 55.6 Å². The standard InChI is InChI=1S/C23H23N5S2/c1-29-18-10-6-15(7-11-18)14-17-4-3-5-20-21(17)24-23-25-26-27-28(23)22(20)16-8-12-19(30-2)13-9-16/h6-14,22H,3-5H2,1-2H3,(H,24,25,27)/b17-14+/t22-/m1/s1. The Kier molecular flexibility index (Phi) is 5.39. The highest BCUT2D eigenvalue weighted by atomic mass is 32.2. The van der Waals surface area contributed by atoms with Crippen LogP contribution in [0.2, 0.25) is 0 Å². The molecule has 1 N–H and O–H groups in total. The first kappa shape index (κ1) is 19.5. The third-order valence-corrected chi connectivity index (χ3v) is 7.21. The van der Waals surface area contributed by atoms with Crippen LogP contribution < -0.4 is 5.32 Å². The number of anilines is 1. The van der Waals surface area contributed by atoms with Crippen molar-refractivity contribution in [3.8, 4) is 0 Å². The number of nitrogens with one attached hydrogen (secondary N) is 1. The maximum atomic E-state index is 4.31. The van der Waals surface area contributed by atoms with Crippen molar-refractivity contribution in [1.82, 2.24) is 20.2 Å². The summed E-state index contributed by atoms with van der Waals surface area (Å²) in [7, 11) is 0. The van der Waals surface area contributed by atoms with Gasteiger partial charge in [0.1, 0.15) is 6.04 Å². The molecule has 30 heavy (non-hydrogen) atoms. The molecule has 7 heteroatoms. The third-order valence-electron chi connectivity index (χ3n) is 5.73. The fraction of sp³-hybridized carbons (Fsp3) is 0.261. The van der Waals surface area contributed by atoms with E-state index >= 15 is 0 Å². The zero-order valence-electron chi connectivity index (χ0n) is 17.0. The molecule has 0 radical (unpaired) electrons. The van der Waals surface area contributed by atoms with Gasteiger partial charge in [-0.25, -0.2) is 0 Å². The van der Waals surface area contributed by atoms with Gasteiger partial charge in [-0.15, -0.1) is 23.5 Å². The van der Waals surface area contributed by atoms with Gasteiger partial charge in [0, 0.05) is 15.5 Å². The fourth-order valence-electron chi connectivity index (χ4n) is 4.24. The van der Waals surface area contributed by atoms with Crippen LogP contribution in [0.25, 0.3) is 6.08 Å². The van der Waals surface area contributed by atoms with Crippen molar-refractivity contribution >= 4 is 35.5 Å². The summed E-state index contributed by atoms with van der Waals surface area (Å²) in [6.07, 6.45) is 9.73. The number of hydrogen-bond donors (Lipinski definition) is 1. The van der Waals surface area contributed by atoms with Crippen LogP contribution in [-0.4, -0.2) is 32.7 Å².